The van der Waals surface area contributed by atoms with Crippen molar-refractivity contribution in [2.24, 2.45) is 5.41 Å². The van der Waals surface area contributed by atoms with Gasteiger partial charge in [-0.1, -0.05) is 12.5 Å². The van der Waals surface area contributed by atoms with Crippen molar-refractivity contribution in [2.75, 3.05) is 13.7 Å². The first-order valence-corrected chi connectivity index (χ1v) is 7.02. The predicted molar refractivity (Wildman–Crippen MR) is 72.9 cm³/mol. The number of carbonyl (C=O) groups is 3. The zero-order valence-corrected chi connectivity index (χ0v) is 12.1. The van der Waals surface area contributed by atoms with E-state index in [9.17, 15) is 14.4 Å². The normalized spacial score (nSPS) is 22.8. The van der Waals surface area contributed by atoms with Gasteiger partial charge < -0.3 is 9.47 Å². The molecule has 0 aromatic heterocycles. The summed E-state index contributed by atoms with van der Waals surface area (Å²) in [5.74, 6) is -0.894. The Labute approximate surface area is 119 Å². The van der Waals surface area contributed by atoms with Crippen molar-refractivity contribution in [1.82, 2.24) is 0 Å². The molecule has 112 valence electrons. The van der Waals surface area contributed by atoms with Gasteiger partial charge in [-0.2, -0.15) is 0 Å². The third-order valence-electron chi connectivity index (χ3n) is 3.65. The monoisotopic (exact) mass is 282 g/mol. The molecule has 0 amide bonds. The number of hydrogen-bond donors (Lipinski definition) is 0. The fourth-order valence-corrected chi connectivity index (χ4v) is 2.52. The summed E-state index contributed by atoms with van der Waals surface area (Å²) in [6.07, 6.45) is 6.46. The highest BCUT2D eigenvalue weighted by atomic mass is 16.5. The van der Waals surface area contributed by atoms with Crippen molar-refractivity contribution >= 4 is 17.7 Å². The molecule has 5 nitrogen and oxygen atoms in total. The van der Waals surface area contributed by atoms with Crippen molar-refractivity contribution in [1.29, 1.82) is 0 Å². The number of Topliss-reactive ketones (excluding diaryl/α,β-unsaturated/α-hetero) is 1. The van der Waals surface area contributed by atoms with Gasteiger partial charge >= 0.3 is 11.9 Å². The zero-order valence-electron chi connectivity index (χ0n) is 12.1. The van der Waals surface area contributed by atoms with Gasteiger partial charge in [-0.25, -0.2) is 4.79 Å². The number of methoxy groups -OCH3 is 1. The Bertz CT molecular complexity index is 399. The van der Waals surface area contributed by atoms with Crippen molar-refractivity contribution < 1.29 is 23.9 Å². The van der Waals surface area contributed by atoms with E-state index < -0.39 is 17.4 Å². The van der Waals surface area contributed by atoms with Gasteiger partial charge in [-0.05, 0) is 32.6 Å². The summed E-state index contributed by atoms with van der Waals surface area (Å²) in [5, 5.41) is 0. The minimum absolute atomic E-state index is 0.0336. The molecule has 0 N–H and O–H groups in total. The molecule has 0 aromatic carbocycles. The van der Waals surface area contributed by atoms with Crippen molar-refractivity contribution in [3.05, 3.63) is 12.2 Å². The van der Waals surface area contributed by atoms with E-state index in [1.807, 2.05) is 0 Å². The second-order valence-corrected chi connectivity index (χ2v) is 4.90. The molecule has 1 rings (SSSR count). The Balaban J connectivity index is 2.73. The number of ketones is 1. The van der Waals surface area contributed by atoms with Crippen molar-refractivity contribution in [3.63, 3.8) is 0 Å². The van der Waals surface area contributed by atoms with Crippen LogP contribution in [0.25, 0.3) is 0 Å². The highest BCUT2D eigenvalue weighted by Crippen LogP contribution is 2.38. The molecule has 0 aromatic rings. The van der Waals surface area contributed by atoms with Crippen LogP contribution in [0.1, 0.15) is 45.4 Å². The lowest BCUT2D eigenvalue weighted by Gasteiger charge is -2.33. The third-order valence-corrected chi connectivity index (χ3v) is 3.65. The van der Waals surface area contributed by atoms with E-state index >= 15 is 0 Å². The number of allylic oxidation sites excluding steroid dienone is 1. The maximum atomic E-state index is 12.2. The fraction of sp³-hybridized carbons (Fsp3) is 0.667. The van der Waals surface area contributed by atoms with Gasteiger partial charge in [-0.15, -0.1) is 0 Å². The van der Waals surface area contributed by atoms with Gasteiger partial charge in [-0.3, -0.25) is 9.59 Å². The molecule has 0 saturated heterocycles. The highest BCUT2D eigenvalue weighted by Gasteiger charge is 2.46. The van der Waals surface area contributed by atoms with Gasteiger partial charge in [0.25, 0.3) is 0 Å². The topological polar surface area (TPSA) is 69.7 Å². The summed E-state index contributed by atoms with van der Waals surface area (Å²) >= 11 is 0. The largest absolute Gasteiger partial charge is 0.466 e. The van der Waals surface area contributed by atoms with Gasteiger partial charge in [0.05, 0.1) is 13.7 Å². The molecule has 0 spiro atoms. The lowest BCUT2D eigenvalue weighted by Crippen LogP contribution is -2.42. The van der Waals surface area contributed by atoms with Crippen LogP contribution in [0, 0.1) is 5.41 Å². The van der Waals surface area contributed by atoms with Crippen LogP contribution in [0.2, 0.25) is 0 Å². The predicted octanol–water partition coefficient (Wildman–Crippen LogP) is 2.19. The quantitative estimate of drug-likeness (QED) is 0.424. The van der Waals surface area contributed by atoms with E-state index in [-0.39, 0.29) is 12.4 Å². The van der Waals surface area contributed by atoms with E-state index in [2.05, 4.69) is 4.74 Å². The summed E-state index contributed by atoms with van der Waals surface area (Å²) in [4.78, 5) is 35.3. The Morgan fingerprint density at radius 1 is 1.35 bits per heavy atom. The standard InChI is InChI=1S/C15H22O5/c1-3-20-14(18)15(10-6-4-8-12(15)16)11-7-5-9-13(17)19-2/h5,9H,3-4,6-8,10-11H2,1-2H3/b9-5+. The summed E-state index contributed by atoms with van der Waals surface area (Å²) < 4.78 is 9.57. The molecule has 1 atom stereocenters. The number of carbonyl (C=O) groups excluding carboxylic acids is 3. The number of esters is 2. The first-order valence-electron chi connectivity index (χ1n) is 7.02. The maximum absolute atomic E-state index is 12.2. The Hall–Kier alpha value is -1.65. The van der Waals surface area contributed by atoms with Gasteiger partial charge in [0.1, 0.15) is 11.2 Å². The number of ether oxygens (including phenoxy) is 2. The van der Waals surface area contributed by atoms with Crippen molar-refractivity contribution in [3.8, 4) is 0 Å². The van der Waals surface area contributed by atoms with E-state index in [0.29, 0.717) is 25.7 Å². The van der Waals surface area contributed by atoms with E-state index in [1.54, 1.807) is 13.0 Å². The van der Waals surface area contributed by atoms with Crippen LogP contribution in [-0.4, -0.2) is 31.4 Å². The zero-order chi connectivity index (χ0) is 15.0. The summed E-state index contributed by atoms with van der Waals surface area (Å²) in [6.45, 7) is 2.00. The highest BCUT2D eigenvalue weighted by molar-refractivity contribution is 6.04. The van der Waals surface area contributed by atoms with Crippen LogP contribution in [0.15, 0.2) is 12.2 Å². The number of rotatable bonds is 6. The first-order chi connectivity index (χ1) is 9.56. The van der Waals surface area contributed by atoms with Crippen LogP contribution < -0.4 is 0 Å². The summed E-state index contributed by atoms with van der Waals surface area (Å²) in [7, 11) is 1.30. The molecule has 0 radical (unpaired) electrons. The molecule has 1 fully saturated rings. The average Bonchev–Trinajstić information content (AvgIpc) is 2.45. The molecule has 1 unspecified atom stereocenters. The van der Waals surface area contributed by atoms with Crippen LogP contribution in [-0.2, 0) is 23.9 Å². The first kappa shape index (κ1) is 16.4. The lowest BCUT2D eigenvalue weighted by atomic mass is 9.70. The average molecular weight is 282 g/mol. The van der Waals surface area contributed by atoms with E-state index in [1.165, 1.54) is 13.2 Å². The molecule has 0 aliphatic heterocycles. The fourth-order valence-electron chi connectivity index (χ4n) is 2.52. The van der Waals surface area contributed by atoms with Crippen LogP contribution >= 0.6 is 0 Å². The van der Waals surface area contributed by atoms with E-state index in [4.69, 9.17) is 4.74 Å². The summed E-state index contributed by atoms with van der Waals surface area (Å²) in [5.41, 5.74) is -1.02. The van der Waals surface area contributed by atoms with E-state index in [0.717, 1.165) is 12.8 Å². The number of hydrogen-bond acceptors (Lipinski definition) is 5. The Morgan fingerprint density at radius 2 is 2.10 bits per heavy atom. The third kappa shape index (κ3) is 3.92. The molecule has 0 bridgehead atoms. The molecule has 5 heteroatoms. The minimum atomic E-state index is -1.02. The second kappa shape index (κ2) is 7.82. The molecule has 0 heterocycles. The Kier molecular flexibility index (Phi) is 6.42. The molecular weight excluding hydrogens is 260 g/mol. The van der Waals surface area contributed by atoms with Gasteiger partial charge in [0.15, 0.2) is 0 Å². The molecule has 1 aliphatic rings. The lowest BCUT2D eigenvalue weighted by molar-refractivity contribution is -0.162. The minimum Gasteiger partial charge on any atom is -0.466 e. The van der Waals surface area contributed by atoms with Crippen LogP contribution in [0.3, 0.4) is 0 Å². The van der Waals surface area contributed by atoms with Crippen LogP contribution in [0.5, 0.6) is 0 Å². The van der Waals surface area contributed by atoms with Gasteiger partial charge in [0, 0.05) is 12.5 Å². The van der Waals surface area contributed by atoms with Crippen molar-refractivity contribution in [2.45, 2.75) is 45.4 Å². The molecule has 1 saturated carbocycles. The molecule has 1 aliphatic carbocycles. The maximum Gasteiger partial charge on any atom is 0.330 e. The smallest absolute Gasteiger partial charge is 0.330 e. The van der Waals surface area contributed by atoms with Crippen LogP contribution in [0.4, 0.5) is 0 Å². The van der Waals surface area contributed by atoms with Gasteiger partial charge in [0.2, 0.25) is 0 Å². The SMILES string of the molecule is CCOC(=O)C1(CC/C=C/C(=O)OC)CCCCC1=O. The molecular formula is C15H22O5. The molecule has 20 heavy (non-hydrogen) atoms. The second-order valence-electron chi connectivity index (χ2n) is 4.90. The summed E-state index contributed by atoms with van der Waals surface area (Å²) in [6, 6.07) is 0. The Morgan fingerprint density at radius 3 is 2.70 bits per heavy atom.